The van der Waals surface area contributed by atoms with Crippen molar-refractivity contribution in [1.29, 1.82) is 0 Å². The van der Waals surface area contributed by atoms with Crippen LogP contribution in [0.15, 0.2) is 18.2 Å². The molecule has 1 rings (SSSR count). The van der Waals surface area contributed by atoms with E-state index in [9.17, 15) is 14.0 Å². The Morgan fingerprint density at radius 1 is 1.53 bits per heavy atom. The standard InChI is InChI=1S/C12H13ClFNO3S/c1-7(12(17)18-2)19-6-11(16)15-8-3-4-10(14)9(13)5-8/h3-5,7H,6H2,1-2H3,(H,15,16). The van der Waals surface area contributed by atoms with Gasteiger partial charge in [-0.15, -0.1) is 11.8 Å². The first kappa shape index (κ1) is 15.8. The van der Waals surface area contributed by atoms with Gasteiger partial charge < -0.3 is 10.1 Å². The summed E-state index contributed by atoms with van der Waals surface area (Å²) in [6.45, 7) is 1.65. The van der Waals surface area contributed by atoms with Crippen LogP contribution in [0.5, 0.6) is 0 Å². The molecule has 0 fully saturated rings. The summed E-state index contributed by atoms with van der Waals surface area (Å²) >= 11 is 6.74. The van der Waals surface area contributed by atoms with Gasteiger partial charge in [0.25, 0.3) is 0 Å². The van der Waals surface area contributed by atoms with Crippen LogP contribution < -0.4 is 5.32 Å². The lowest BCUT2D eigenvalue weighted by Gasteiger charge is -2.09. The van der Waals surface area contributed by atoms with Crippen LogP contribution in [-0.4, -0.2) is 30.0 Å². The van der Waals surface area contributed by atoms with Crippen LogP contribution in [0, 0.1) is 5.82 Å². The van der Waals surface area contributed by atoms with E-state index in [1.165, 1.54) is 25.3 Å². The van der Waals surface area contributed by atoms with Gasteiger partial charge in [-0.25, -0.2) is 4.39 Å². The highest BCUT2D eigenvalue weighted by molar-refractivity contribution is 8.01. The van der Waals surface area contributed by atoms with Crippen molar-refractivity contribution in [3.8, 4) is 0 Å². The molecule has 7 heteroatoms. The Morgan fingerprint density at radius 3 is 2.79 bits per heavy atom. The number of rotatable bonds is 5. The number of esters is 1. The number of hydrogen-bond acceptors (Lipinski definition) is 4. The van der Waals surface area contributed by atoms with Gasteiger partial charge in [0, 0.05) is 5.69 Å². The topological polar surface area (TPSA) is 55.4 Å². The predicted molar refractivity (Wildman–Crippen MR) is 74.0 cm³/mol. The van der Waals surface area contributed by atoms with Gasteiger partial charge in [0.05, 0.1) is 17.9 Å². The number of thioether (sulfide) groups is 1. The van der Waals surface area contributed by atoms with Crippen molar-refractivity contribution in [3.05, 3.63) is 29.0 Å². The molecule has 0 radical (unpaired) electrons. The Balaban J connectivity index is 2.47. The highest BCUT2D eigenvalue weighted by atomic mass is 35.5. The van der Waals surface area contributed by atoms with Crippen LogP contribution in [-0.2, 0) is 14.3 Å². The Labute approximate surface area is 119 Å². The summed E-state index contributed by atoms with van der Waals surface area (Å²) in [5.41, 5.74) is 0.405. The van der Waals surface area contributed by atoms with E-state index in [1.807, 2.05) is 0 Å². The molecule has 1 atom stereocenters. The summed E-state index contributed by atoms with van der Waals surface area (Å²) in [7, 11) is 1.29. The molecule has 1 N–H and O–H groups in total. The third-order valence-corrected chi connectivity index (χ3v) is 3.61. The Bertz CT molecular complexity index is 484. The van der Waals surface area contributed by atoms with Crippen molar-refractivity contribution < 1.29 is 18.7 Å². The SMILES string of the molecule is COC(=O)C(C)SCC(=O)Nc1ccc(F)c(Cl)c1. The fourth-order valence-electron chi connectivity index (χ4n) is 1.21. The van der Waals surface area contributed by atoms with Crippen LogP contribution in [0.25, 0.3) is 0 Å². The van der Waals surface area contributed by atoms with E-state index in [-0.39, 0.29) is 22.7 Å². The molecule has 1 aromatic carbocycles. The van der Waals surface area contributed by atoms with Crippen LogP contribution in [0.1, 0.15) is 6.92 Å². The lowest BCUT2D eigenvalue weighted by molar-refractivity contribution is -0.139. The normalized spacial score (nSPS) is 11.8. The average molecular weight is 306 g/mol. The third-order valence-electron chi connectivity index (χ3n) is 2.20. The van der Waals surface area contributed by atoms with Gasteiger partial charge in [-0.1, -0.05) is 11.6 Å². The van der Waals surface area contributed by atoms with Crippen LogP contribution in [0.2, 0.25) is 5.02 Å². The molecule has 4 nitrogen and oxygen atoms in total. The van der Waals surface area contributed by atoms with E-state index < -0.39 is 11.1 Å². The highest BCUT2D eigenvalue weighted by Crippen LogP contribution is 2.20. The monoisotopic (exact) mass is 305 g/mol. The predicted octanol–water partition coefficient (Wildman–Crippen LogP) is 2.71. The van der Waals surface area contributed by atoms with E-state index >= 15 is 0 Å². The fourth-order valence-corrected chi connectivity index (χ4v) is 2.09. The summed E-state index contributed by atoms with van der Waals surface area (Å²) in [6.07, 6.45) is 0. The zero-order valence-corrected chi connectivity index (χ0v) is 12.0. The first-order valence-electron chi connectivity index (χ1n) is 5.38. The lowest BCUT2D eigenvalue weighted by atomic mass is 10.3. The molecule has 1 amide bonds. The van der Waals surface area contributed by atoms with Gasteiger partial charge >= 0.3 is 5.97 Å². The van der Waals surface area contributed by atoms with Gasteiger partial charge in [0.1, 0.15) is 11.1 Å². The van der Waals surface area contributed by atoms with E-state index in [1.54, 1.807) is 6.92 Å². The molecule has 0 spiro atoms. The van der Waals surface area contributed by atoms with Gasteiger partial charge in [-0.05, 0) is 25.1 Å². The molecule has 0 aliphatic rings. The molecule has 0 saturated carbocycles. The van der Waals surface area contributed by atoms with E-state index in [4.69, 9.17) is 11.6 Å². The molecular formula is C12H13ClFNO3S. The van der Waals surface area contributed by atoms with E-state index in [2.05, 4.69) is 10.1 Å². The van der Waals surface area contributed by atoms with Crippen molar-refractivity contribution in [1.82, 2.24) is 0 Å². The second kappa shape index (κ2) is 7.35. The van der Waals surface area contributed by atoms with Gasteiger partial charge in [0.15, 0.2) is 0 Å². The molecule has 19 heavy (non-hydrogen) atoms. The highest BCUT2D eigenvalue weighted by Gasteiger charge is 2.15. The Morgan fingerprint density at radius 2 is 2.21 bits per heavy atom. The zero-order valence-electron chi connectivity index (χ0n) is 10.4. The number of ether oxygens (including phenoxy) is 1. The van der Waals surface area contributed by atoms with E-state index in [0.29, 0.717) is 5.69 Å². The molecule has 0 bridgehead atoms. The fraction of sp³-hybridized carbons (Fsp3) is 0.333. The molecule has 0 saturated heterocycles. The molecule has 1 unspecified atom stereocenters. The maximum absolute atomic E-state index is 12.9. The number of carbonyl (C=O) groups excluding carboxylic acids is 2. The average Bonchev–Trinajstić information content (AvgIpc) is 2.39. The molecule has 0 aliphatic heterocycles. The second-order valence-corrected chi connectivity index (χ2v) is 5.39. The smallest absolute Gasteiger partial charge is 0.318 e. The molecule has 0 heterocycles. The molecule has 104 valence electrons. The van der Waals surface area contributed by atoms with Crippen molar-refractivity contribution in [2.45, 2.75) is 12.2 Å². The maximum atomic E-state index is 12.9. The number of methoxy groups -OCH3 is 1. The minimum atomic E-state index is -0.548. The number of halogens is 2. The Kier molecular flexibility index (Phi) is 6.11. The minimum absolute atomic E-state index is 0.0617. The summed E-state index contributed by atoms with van der Waals surface area (Å²) in [5, 5.41) is 2.07. The maximum Gasteiger partial charge on any atom is 0.318 e. The van der Waals surface area contributed by atoms with Crippen molar-refractivity contribution in [2.24, 2.45) is 0 Å². The number of anilines is 1. The molecule has 0 aliphatic carbocycles. The number of carbonyl (C=O) groups is 2. The summed E-state index contributed by atoms with van der Waals surface area (Å²) in [4.78, 5) is 22.7. The minimum Gasteiger partial charge on any atom is -0.468 e. The van der Waals surface area contributed by atoms with E-state index in [0.717, 1.165) is 11.8 Å². The van der Waals surface area contributed by atoms with Gasteiger partial charge in [-0.2, -0.15) is 0 Å². The van der Waals surface area contributed by atoms with Gasteiger partial charge in [-0.3, -0.25) is 9.59 Å². The number of hydrogen-bond donors (Lipinski definition) is 1. The van der Waals surface area contributed by atoms with Crippen LogP contribution in [0.3, 0.4) is 0 Å². The number of benzene rings is 1. The first-order chi connectivity index (χ1) is 8.93. The van der Waals surface area contributed by atoms with Gasteiger partial charge in [0.2, 0.25) is 5.91 Å². The largest absolute Gasteiger partial charge is 0.468 e. The first-order valence-corrected chi connectivity index (χ1v) is 6.81. The number of amides is 1. The molecular weight excluding hydrogens is 293 g/mol. The Hall–Kier alpha value is -1.27. The van der Waals surface area contributed by atoms with Crippen LogP contribution in [0.4, 0.5) is 10.1 Å². The quantitative estimate of drug-likeness (QED) is 0.850. The summed E-state index contributed by atoms with van der Waals surface area (Å²) < 4.78 is 17.5. The summed E-state index contributed by atoms with van der Waals surface area (Å²) in [5.74, 6) is -1.15. The third kappa shape index (κ3) is 5.08. The summed E-state index contributed by atoms with van der Waals surface area (Å²) in [6, 6.07) is 3.90. The number of nitrogens with one attached hydrogen (secondary N) is 1. The van der Waals surface area contributed by atoms with Crippen molar-refractivity contribution in [3.63, 3.8) is 0 Å². The second-order valence-electron chi connectivity index (χ2n) is 3.65. The van der Waals surface area contributed by atoms with Crippen LogP contribution >= 0.6 is 23.4 Å². The lowest BCUT2D eigenvalue weighted by Crippen LogP contribution is -2.20. The van der Waals surface area contributed by atoms with Crippen molar-refractivity contribution >= 4 is 40.9 Å². The van der Waals surface area contributed by atoms with Crippen molar-refractivity contribution in [2.75, 3.05) is 18.2 Å². The molecule has 0 aromatic heterocycles. The molecule has 1 aromatic rings. The zero-order chi connectivity index (χ0) is 14.4.